The van der Waals surface area contributed by atoms with Crippen molar-refractivity contribution in [1.82, 2.24) is 19.9 Å². The van der Waals surface area contributed by atoms with Gasteiger partial charge in [0, 0.05) is 35.9 Å². The van der Waals surface area contributed by atoms with E-state index in [4.69, 9.17) is 19.9 Å². The zero-order valence-corrected chi connectivity index (χ0v) is 23.5. The van der Waals surface area contributed by atoms with Gasteiger partial charge in [-0.15, -0.1) is 18.5 Å². The van der Waals surface area contributed by atoms with Crippen LogP contribution >= 0.6 is 18.5 Å². The van der Waals surface area contributed by atoms with E-state index in [9.17, 15) is 0 Å². The Hall–Kier alpha value is -1.50. The van der Waals surface area contributed by atoms with Gasteiger partial charge in [-0.2, -0.15) is 0 Å². The molecule has 0 N–H and O–H groups in total. The lowest BCUT2D eigenvalue weighted by Gasteiger charge is -2.68. The monoisotopic (exact) mass is 504 g/mol. The van der Waals surface area contributed by atoms with Crippen molar-refractivity contribution in [1.29, 1.82) is 0 Å². The van der Waals surface area contributed by atoms with Crippen molar-refractivity contribution < 1.29 is 0 Å². The molecule has 4 saturated carbocycles. The van der Waals surface area contributed by atoms with E-state index in [-0.39, 0.29) is 16.5 Å². The first-order valence-corrected chi connectivity index (χ1v) is 14.3. The highest BCUT2D eigenvalue weighted by Crippen LogP contribution is 2.72. The lowest BCUT2D eigenvalue weighted by molar-refractivity contribution is -0.106. The summed E-state index contributed by atoms with van der Waals surface area (Å²) in [6.45, 7) is 7.39. The van der Waals surface area contributed by atoms with Crippen molar-refractivity contribution in [2.24, 2.45) is 34.5 Å². The highest BCUT2D eigenvalue weighted by molar-refractivity contribution is 7.20. The van der Waals surface area contributed by atoms with E-state index in [0.29, 0.717) is 5.41 Å². The summed E-state index contributed by atoms with van der Waals surface area (Å²) in [6.07, 6.45) is 22.8. The number of hydrogen-bond acceptors (Lipinski definition) is 4. The summed E-state index contributed by atoms with van der Waals surface area (Å²) in [5, 5.41) is -0.688. The van der Waals surface area contributed by atoms with Gasteiger partial charge >= 0.3 is 0 Å². The number of hydrogen-bond donors (Lipinski definition) is 0. The predicted molar refractivity (Wildman–Crippen MR) is 148 cm³/mol. The maximum absolute atomic E-state index is 4.76. The van der Waals surface area contributed by atoms with E-state index in [1.807, 2.05) is 36.9 Å². The van der Waals surface area contributed by atoms with Crippen LogP contribution in [0.3, 0.4) is 0 Å². The summed E-state index contributed by atoms with van der Waals surface area (Å²) in [6, 6.07) is 3.76. The summed E-state index contributed by atoms with van der Waals surface area (Å²) in [5.41, 5.74) is 1.70. The fourth-order valence-corrected chi connectivity index (χ4v) is 10.0. The van der Waals surface area contributed by atoms with Crippen LogP contribution in [0.4, 0.5) is 0 Å². The molecule has 0 radical (unpaired) electrons. The van der Waals surface area contributed by atoms with Crippen LogP contribution in [0.15, 0.2) is 60.7 Å². The van der Waals surface area contributed by atoms with Crippen LogP contribution in [0.2, 0.25) is 0 Å². The Labute approximate surface area is 214 Å². The van der Waals surface area contributed by atoms with Gasteiger partial charge in [-0.25, -0.2) is 19.9 Å². The zero-order valence-electron chi connectivity index (χ0n) is 21.2. The summed E-state index contributed by atoms with van der Waals surface area (Å²) in [4.78, 5) is 19.0. The molecule has 4 bridgehead atoms. The predicted octanol–water partition coefficient (Wildman–Crippen LogP) is 6.37. The average Bonchev–Trinajstić information content (AvgIpc) is 3.33. The molecule has 184 valence electrons. The van der Waals surface area contributed by atoms with Crippen molar-refractivity contribution in [2.45, 2.75) is 69.6 Å². The molecule has 0 spiro atoms. The molecular formula is C29H38N4P2. The molecule has 6 heteroatoms. The minimum Gasteiger partial charge on any atom is -0.240 e. The standard InChI is InChI=1S/C29H38N4P2/c1-26(2,3)29(35,27-16-19-13-20(17-27)15-21(14-19)18-27)23-8-4-7-22(23)28(34,24-30-9-5-10-31-24)25-32-11-6-12-33-25/h4-12,19-21,23H,13-18,34-35H2,1-3H3. The van der Waals surface area contributed by atoms with E-state index in [1.54, 1.807) is 0 Å². The van der Waals surface area contributed by atoms with Gasteiger partial charge in [-0.05, 0) is 84.8 Å². The van der Waals surface area contributed by atoms with E-state index in [0.717, 1.165) is 29.4 Å². The Kier molecular flexibility index (Phi) is 5.63. The SMILES string of the molecule is CC(C)(C)C(P)(C1C=CC=C1C(P)(c1ncccn1)c1ncccn1)C12CC3CC(CC(C3)C1)C2. The molecule has 2 aromatic heterocycles. The summed E-state index contributed by atoms with van der Waals surface area (Å²) in [5.74, 6) is 4.41. The molecule has 0 aromatic carbocycles. The van der Waals surface area contributed by atoms with Crippen LogP contribution in [-0.4, -0.2) is 25.1 Å². The van der Waals surface area contributed by atoms with E-state index >= 15 is 0 Å². The first kappa shape index (κ1) is 23.9. The molecule has 5 aliphatic carbocycles. The molecule has 7 rings (SSSR count). The molecule has 0 aliphatic heterocycles. The topological polar surface area (TPSA) is 51.6 Å². The van der Waals surface area contributed by atoms with Gasteiger partial charge in [0.2, 0.25) is 0 Å². The molecule has 0 amide bonds. The third kappa shape index (κ3) is 3.46. The number of aromatic nitrogens is 4. The Bertz CT molecular complexity index is 1080. The fourth-order valence-electron chi connectivity index (χ4n) is 8.82. The highest BCUT2D eigenvalue weighted by atomic mass is 31.0. The van der Waals surface area contributed by atoms with Crippen LogP contribution in [-0.2, 0) is 5.16 Å². The summed E-state index contributed by atoms with van der Waals surface area (Å²) >= 11 is 0. The van der Waals surface area contributed by atoms with Crippen molar-refractivity contribution in [2.75, 3.05) is 0 Å². The summed E-state index contributed by atoms with van der Waals surface area (Å²) in [7, 11) is 6.60. The third-order valence-corrected chi connectivity index (χ3v) is 12.5. The van der Waals surface area contributed by atoms with Crippen LogP contribution in [0, 0.1) is 34.5 Å². The maximum Gasteiger partial charge on any atom is 0.149 e. The Morgan fingerprint density at radius 3 is 1.66 bits per heavy atom. The largest absolute Gasteiger partial charge is 0.240 e. The van der Waals surface area contributed by atoms with Crippen molar-refractivity contribution in [3.05, 3.63) is 72.4 Å². The van der Waals surface area contributed by atoms with Gasteiger partial charge in [0.25, 0.3) is 0 Å². The van der Waals surface area contributed by atoms with Gasteiger partial charge in [-0.1, -0.05) is 39.0 Å². The van der Waals surface area contributed by atoms with E-state index in [1.165, 1.54) is 44.1 Å². The van der Waals surface area contributed by atoms with Gasteiger partial charge < -0.3 is 0 Å². The minimum atomic E-state index is -0.688. The summed E-state index contributed by atoms with van der Waals surface area (Å²) < 4.78 is 0. The van der Waals surface area contributed by atoms with Crippen molar-refractivity contribution >= 4 is 18.5 Å². The third-order valence-electron chi connectivity index (χ3n) is 9.85. The molecule has 2 heterocycles. The van der Waals surface area contributed by atoms with Crippen molar-refractivity contribution in [3.8, 4) is 0 Å². The van der Waals surface area contributed by atoms with Gasteiger partial charge in [0.05, 0.1) is 0 Å². The second-order valence-electron chi connectivity index (χ2n) is 12.8. The molecule has 4 fully saturated rings. The Morgan fingerprint density at radius 2 is 1.23 bits per heavy atom. The van der Waals surface area contributed by atoms with Gasteiger partial charge in [-0.3, -0.25) is 0 Å². The minimum absolute atomic E-state index is 0.000222. The lowest BCUT2D eigenvalue weighted by atomic mass is 9.41. The average molecular weight is 505 g/mol. The fraction of sp³-hybridized carbons (Fsp3) is 0.586. The zero-order chi connectivity index (χ0) is 24.5. The Morgan fingerprint density at radius 1 is 0.771 bits per heavy atom. The van der Waals surface area contributed by atoms with Gasteiger partial charge in [0.15, 0.2) is 0 Å². The molecular weight excluding hydrogens is 466 g/mol. The van der Waals surface area contributed by atoms with Crippen LogP contribution in [0.5, 0.6) is 0 Å². The second kappa shape index (κ2) is 8.26. The number of allylic oxidation sites excluding steroid dienone is 4. The first-order chi connectivity index (χ1) is 16.7. The Balaban J connectivity index is 1.52. The van der Waals surface area contributed by atoms with Crippen LogP contribution in [0.25, 0.3) is 0 Å². The molecule has 5 aliphatic rings. The number of rotatable bonds is 5. The molecule has 4 unspecified atom stereocenters. The quantitative estimate of drug-likeness (QED) is 0.444. The molecule has 4 nitrogen and oxygen atoms in total. The normalized spacial score (nSPS) is 33.6. The maximum atomic E-state index is 4.76. The highest BCUT2D eigenvalue weighted by Gasteiger charge is 2.65. The molecule has 4 atom stereocenters. The first-order valence-electron chi connectivity index (χ1n) is 13.2. The molecule has 2 aromatic rings. The van der Waals surface area contributed by atoms with Crippen LogP contribution < -0.4 is 0 Å². The van der Waals surface area contributed by atoms with Crippen LogP contribution in [0.1, 0.15) is 70.9 Å². The van der Waals surface area contributed by atoms with Crippen molar-refractivity contribution in [3.63, 3.8) is 0 Å². The molecule has 0 saturated heterocycles. The van der Waals surface area contributed by atoms with E-state index < -0.39 is 5.16 Å². The van der Waals surface area contributed by atoms with Gasteiger partial charge in [0.1, 0.15) is 16.8 Å². The lowest BCUT2D eigenvalue weighted by Crippen LogP contribution is -2.63. The molecule has 35 heavy (non-hydrogen) atoms. The smallest absolute Gasteiger partial charge is 0.149 e. The second-order valence-corrected chi connectivity index (χ2v) is 14.5. The van der Waals surface area contributed by atoms with E-state index in [2.05, 4.69) is 57.5 Å². The number of nitrogens with zero attached hydrogens (tertiary/aromatic N) is 4.